The van der Waals surface area contributed by atoms with Crippen molar-refractivity contribution in [1.29, 1.82) is 0 Å². The molecule has 0 amide bonds. The number of fused-ring (bicyclic) bond motifs is 1. The fraction of sp³-hybridized carbons (Fsp3) is 0.235. The number of benzene rings is 1. The molecule has 3 rings (SSSR count). The highest BCUT2D eigenvalue weighted by molar-refractivity contribution is 9.10. The molecule has 0 radical (unpaired) electrons. The number of nitrogens with zero attached hydrogens (tertiary/aromatic N) is 1. The molecule has 0 spiro atoms. The maximum atomic E-state index is 4.47. The van der Waals surface area contributed by atoms with Gasteiger partial charge in [-0.15, -0.1) is 0 Å². The van der Waals surface area contributed by atoms with Crippen molar-refractivity contribution in [2.75, 3.05) is 6.54 Å². The summed E-state index contributed by atoms with van der Waals surface area (Å²) in [5, 5.41) is 9.24. The van der Waals surface area contributed by atoms with Gasteiger partial charge in [-0.25, -0.2) is 0 Å². The molecule has 0 fully saturated rings. The average molecular weight is 361 g/mol. The van der Waals surface area contributed by atoms with Gasteiger partial charge in [-0.2, -0.15) is 11.3 Å². The number of halogens is 1. The Labute approximate surface area is 137 Å². The van der Waals surface area contributed by atoms with Crippen LogP contribution in [0.2, 0.25) is 0 Å². The highest BCUT2D eigenvalue weighted by Gasteiger charge is 2.19. The second-order valence-corrected chi connectivity index (χ2v) is 6.58. The average Bonchev–Trinajstić information content (AvgIpc) is 2.94. The molecule has 0 aliphatic heterocycles. The van der Waals surface area contributed by atoms with Crippen molar-refractivity contribution in [3.05, 3.63) is 62.9 Å². The van der Waals surface area contributed by atoms with Gasteiger partial charge in [0.2, 0.25) is 0 Å². The van der Waals surface area contributed by atoms with E-state index in [0.29, 0.717) is 0 Å². The number of pyridine rings is 1. The van der Waals surface area contributed by atoms with Gasteiger partial charge in [-0.1, -0.05) is 25.1 Å². The summed E-state index contributed by atoms with van der Waals surface area (Å²) in [6.07, 6.45) is 3.01. The van der Waals surface area contributed by atoms with Crippen LogP contribution in [0.25, 0.3) is 10.9 Å². The zero-order valence-corrected chi connectivity index (χ0v) is 14.2. The third-order valence-corrected chi connectivity index (χ3v) is 5.30. The maximum absolute atomic E-state index is 4.47. The van der Waals surface area contributed by atoms with Crippen LogP contribution in [0.3, 0.4) is 0 Å². The van der Waals surface area contributed by atoms with E-state index < -0.39 is 0 Å². The predicted molar refractivity (Wildman–Crippen MR) is 93.9 cm³/mol. The Morgan fingerprint density at radius 1 is 1.19 bits per heavy atom. The molecule has 0 aliphatic rings. The monoisotopic (exact) mass is 360 g/mol. The van der Waals surface area contributed by atoms with Gasteiger partial charge < -0.3 is 5.32 Å². The Morgan fingerprint density at radius 2 is 2.05 bits per heavy atom. The van der Waals surface area contributed by atoms with Gasteiger partial charge in [0.1, 0.15) is 0 Å². The van der Waals surface area contributed by atoms with Crippen molar-refractivity contribution in [3.8, 4) is 0 Å². The van der Waals surface area contributed by atoms with Crippen molar-refractivity contribution >= 4 is 38.2 Å². The highest BCUT2D eigenvalue weighted by Crippen LogP contribution is 2.34. The minimum absolute atomic E-state index is 0.193. The SMILES string of the molecule is CCCNC(c1cscc1Br)c1ccnc2ccccc12. The van der Waals surface area contributed by atoms with Crippen LogP contribution in [0.5, 0.6) is 0 Å². The largest absolute Gasteiger partial charge is 0.306 e. The minimum Gasteiger partial charge on any atom is -0.306 e. The van der Waals surface area contributed by atoms with Crippen molar-refractivity contribution in [3.63, 3.8) is 0 Å². The Kier molecular flexibility index (Phi) is 4.68. The first kappa shape index (κ1) is 14.7. The van der Waals surface area contributed by atoms with Crippen LogP contribution in [0.4, 0.5) is 0 Å². The summed E-state index contributed by atoms with van der Waals surface area (Å²) in [5.74, 6) is 0. The Bertz CT molecular complexity index is 733. The highest BCUT2D eigenvalue weighted by atomic mass is 79.9. The summed E-state index contributed by atoms with van der Waals surface area (Å²) in [5.41, 5.74) is 3.63. The Balaban J connectivity index is 2.12. The third-order valence-electron chi connectivity index (χ3n) is 3.55. The zero-order chi connectivity index (χ0) is 14.7. The summed E-state index contributed by atoms with van der Waals surface area (Å²) in [6.45, 7) is 3.18. The first-order chi connectivity index (χ1) is 10.3. The van der Waals surface area contributed by atoms with Crippen molar-refractivity contribution in [2.24, 2.45) is 0 Å². The first-order valence-corrected chi connectivity index (χ1v) is 8.83. The standard InChI is InChI=1S/C17H17BrN2S/c1-2-8-20-17(14-10-21-11-15(14)18)13-7-9-19-16-6-4-3-5-12(13)16/h3-7,9-11,17,20H,2,8H2,1H3. The van der Waals surface area contributed by atoms with Crippen LogP contribution >= 0.6 is 27.3 Å². The number of para-hydroxylation sites is 1. The lowest BCUT2D eigenvalue weighted by Crippen LogP contribution is -2.23. The van der Waals surface area contributed by atoms with E-state index in [0.717, 1.165) is 18.5 Å². The maximum Gasteiger partial charge on any atom is 0.0705 e. The predicted octanol–water partition coefficient (Wildman–Crippen LogP) is 5.15. The molecule has 0 aliphatic carbocycles. The number of hydrogen-bond donors (Lipinski definition) is 1. The molecule has 0 saturated carbocycles. The van der Waals surface area contributed by atoms with Crippen molar-refractivity contribution in [1.82, 2.24) is 10.3 Å². The molecule has 2 heterocycles. The molecule has 1 aromatic carbocycles. The van der Waals surface area contributed by atoms with Gasteiger partial charge in [-0.05, 0) is 57.5 Å². The zero-order valence-electron chi connectivity index (χ0n) is 11.8. The summed E-state index contributed by atoms with van der Waals surface area (Å²) >= 11 is 5.40. The number of thiophene rings is 1. The van der Waals surface area contributed by atoms with Crippen molar-refractivity contribution in [2.45, 2.75) is 19.4 Å². The lowest BCUT2D eigenvalue weighted by molar-refractivity contribution is 0.601. The molecule has 21 heavy (non-hydrogen) atoms. The van der Waals surface area contributed by atoms with E-state index in [1.807, 2.05) is 12.3 Å². The van der Waals surface area contributed by atoms with E-state index in [1.54, 1.807) is 11.3 Å². The third kappa shape index (κ3) is 3.03. The summed E-state index contributed by atoms with van der Waals surface area (Å²) in [7, 11) is 0. The van der Waals surface area contributed by atoms with E-state index in [2.05, 4.69) is 68.2 Å². The van der Waals surface area contributed by atoms with E-state index in [-0.39, 0.29) is 6.04 Å². The molecule has 0 saturated heterocycles. The number of nitrogens with one attached hydrogen (secondary N) is 1. The molecule has 4 heteroatoms. The van der Waals surface area contributed by atoms with Gasteiger partial charge in [0.05, 0.1) is 11.6 Å². The Morgan fingerprint density at radius 3 is 2.81 bits per heavy atom. The second-order valence-electron chi connectivity index (χ2n) is 4.98. The molecule has 3 aromatic rings. The topological polar surface area (TPSA) is 24.9 Å². The molecule has 2 aromatic heterocycles. The number of rotatable bonds is 5. The van der Waals surface area contributed by atoms with Crippen LogP contribution < -0.4 is 5.32 Å². The number of aromatic nitrogens is 1. The molecule has 108 valence electrons. The molecule has 1 atom stereocenters. The fourth-order valence-electron chi connectivity index (χ4n) is 2.54. The molecule has 2 nitrogen and oxygen atoms in total. The molecule has 0 bridgehead atoms. The molecular weight excluding hydrogens is 344 g/mol. The second kappa shape index (κ2) is 6.69. The Hall–Kier alpha value is -1.23. The van der Waals surface area contributed by atoms with Crippen LogP contribution in [0.1, 0.15) is 30.5 Å². The molecular formula is C17H17BrN2S. The van der Waals surface area contributed by atoms with Crippen LogP contribution in [0.15, 0.2) is 51.8 Å². The van der Waals surface area contributed by atoms with Crippen LogP contribution in [0, 0.1) is 0 Å². The van der Waals surface area contributed by atoms with E-state index >= 15 is 0 Å². The van der Waals surface area contributed by atoms with E-state index in [9.17, 15) is 0 Å². The summed E-state index contributed by atoms with van der Waals surface area (Å²) in [4.78, 5) is 4.47. The summed E-state index contributed by atoms with van der Waals surface area (Å²) < 4.78 is 1.17. The first-order valence-electron chi connectivity index (χ1n) is 7.10. The fourth-order valence-corrected chi connectivity index (χ4v) is 4.10. The van der Waals surface area contributed by atoms with Gasteiger partial charge in [0, 0.05) is 21.4 Å². The summed E-state index contributed by atoms with van der Waals surface area (Å²) in [6, 6.07) is 10.6. The van der Waals surface area contributed by atoms with Gasteiger partial charge in [0.25, 0.3) is 0 Å². The van der Waals surface area contributed by atoms with Gasteiger partial charge >= 0.3 is 0 Å². The van der Waals surface area contributed by atoms with E-state index in [1.165, 1.54) is 21.0 Å². The van der Waals surface area contributed by atoms with E-state index in [4.69, 9.17) is 0 Å². The quantitative estimate of drug-likeness (QED) is 0.680. The van der Waals surface area contributed by atoms with Crippen molar-refractivity contribution < 1.29 is 0 Å². The van der Waals surface area contributed by atoms with Crippen LogP contribution in [-0.2, 0) is 0 Å². The van der Waals surface area contributed by atoms with Gasteiger partial charge in [-0.3, -0.25) is 4.98 Å². The molecule has 1 N–H and O–H groups in total. The van der Waals surface area contributed by atoms with Gasteiger partial charge in [0.15, 0.2) is 0 Å². The minimum atomic E-state index is 0.193. The normalized spacial score (nSPS) is 12.7. The smallest absolute Gasteiger partial charge is 0.0705 e. The lowest BCUT2D eigenvalue weighted by Gasteiger charge is -2.20. The van der Waals surface area contributed by atoms with Crippen LogP contribution in [-0.4, -0.2) is 11.5 Å². The molecule has 1 unspecified atom stereocenters. The number of hydrogen-bond acceptors (Lipinski definition) is 3. The lowest BCUT2D eigenvalue weighted by atomic mass is 9.97.